The molecule has 158 valence electrons. The molecule has 0 spiro atoms. The molecular weight excluding hydrogens is 435 g/mol. The van der Waals surface area contributed by atoms with Gasteiger partial charge >= 0.3 is 5.97 Å². The maximum absolute atomic E-state index is 13.5. The highest BCUT2D eigenvalue weighted by atomic mass is 35.5. The Morgan fingerprint density at radius 1 is 1.24 bits per heavy atom. The molecule has 0 heterocycles. The number of alkyl halides is 3. The van der Waals surface area contributed by atoms with E-state index in [-0.39, 0.29) is 41.3 Å². The highest BCUT2D eigenvalue weighted by Crippen LogP contribution is 2.64. The van der Waals surface area contributed by atoms with Crippen molar-refractivity contribution < 1.29 is 19.1 Å². The fourth-order valence-electron chi connectivity index (χ4n) is 6.66. The third-order valence-corrected chi connectivity index (χ3v) is 8.58. The number of halogens is 3. The van der Waals surface area contributed by atoms with Crippen LogP contribution in [0.3, 0.4) is 0 Å². The van der Waals surface area contributed by atoms with Gasteiger partial charge in [0.05, 0.1) is 5.88 Å². The second-order valence-corrected chi connectivity index (χ2v) is 10.7. The molecular formula is C22H25Cl3O4. The van der Waals surface area contributed by atoms with Gasteiger partial charge in [-0.2, -0.15) is 0 Å². The van der Waals surface area contributed by atoms with Crippen LogP contribution in [0.4, 0.5) is 0 Å². The quantitative estimate of drug-likeness (QED) is 0.449. The summed E-state index contributed by atoms with van der Waals surface area (Å²) in [5.74, 6) is -0.0552. The molecule has 0 amide bonds. The monoisotopic (exact) mass is 458 g/mol. The van der Waals surface area contributed by atoms with Gasteiger partial charge in [0.2, 0.25) is 4.84 Å². The molecule has 6 atom stereocenters. The van der Waals surface area contributed by atoms with Gasteiger partial charge in [-0.1, -0.05) is 48.7 Å². The summed E-state index contributed by atoms with van der Waals surface area (Å²) in [6, 6.07) is 0. The molecule has 0 N–H and O–H groups in total. The Labute approximate surface area is 186 Å². The predicted molar refractivity (Wildman–Crippen MR) is 112 cm³/mol. The summed E-state index contributed by atoms with van der Waals surface area (Å²) in [5, 5.41) is 0. The molecule has 3 fully saturated rings. The van der Waals surface area contributed by atoms with Crippen molar-refractivity contribution in [1.82, 2.24) is 0 Å². The Kier molecular flexibility index (Phi) is 5.45. The van der Waals surface area contributed by atoms with E-state index < -0.39 is 21.6 Å². The molecule has 4 aliphatic carbocycles. The Balaban J connectivity index is 1.67. The largest absolute Gasteiger partial charge is 0.460 e. The number of hydrogen-bond acceptors (Lipinski definition) is 4. The van der Waals surface area contributed by atoms with E-state index in [1.165, 1.54) is 0 Å². The summed E-state index contributed by atoms with van der Waals surface area (Å²) in [5.41, 5.74) is 0.749. The zero-order valence-electron chi connectivity index (χ0n) is 16.6. The smallest absolute Gasteiger partial charge is 0.339 e. The van der Waals surface area contributed by atoms with E-state index in [9.17, 15) is 14.4 Å². The van der Waals surface area contributed by atoms with Crippen molar-refractivity contribution in [3.8, 4) is 0 Å². The maximum atomic E-state index is 13.5. The number of rotatable bonds is 3. The van der Waals surface area contributed by atoms with Crippen LogP contribution in [0.25, 0.3) is 0 Å². The number of carbonyl (C=O) groups excluding carboxylic acids is 3. The van der Waals surface area contributed by atoms with Crippen molar-refractivity contribution in [1.29, 1.82) is 0 Å². The van der Waals surface area contributed by atoms with Gasteiger partial charge in [0.25, 0.3) is 0 Å². The lowest BCUT2D eigenvalue weighted by Crippen LogP contribution is -2.55. The zero-order valence-corrected chi connectivity index (χ0v) is 18.8. The first-order valence-electron chi connectivity index (χ1n) is 10.2. The summed E-state index contributed by atoms with van der Waals surface area (Å²) >= 11 is 17.4. The summed E-state index contributed by atoms with van der Waals surface area (Å²) in [6.45, 7) is 4.14. The van der Waals surface area contributed by atoms with Gasteiger partial charge in [-0.15, -0.1) is 11.6 Å². The number of esters is 1. The molecule has 3 saturated carbocycles. The van der Waals surface area contributed by atoms with Gasteiger partial charge in [0, 0.05) is 28.7 Å². The fraction of sp³-hybridized carbons (Fsp3) is 0.682. The molecule has 0 saturated heterocycles. The van der Waals surface area contributed by atoms with Crippen LogP contribution in [-0.4, -0.2) is 34.4 Å². The molecule has 0 unspecified atom stereocenters. The second-order valence-electron chi connectivity index (χ2n) is 9.36. The van der Waals surface area contributed by atoms with E-state index in [1.807, 2.05) is 6.08 Å². The first kappa shape index (κ1) is 21.4. The SMILES string of the molecule is C[C@]12CC(=O)[C@H]3[C@@H](CCC4=CC(=O)C(CCl)=C[C@@]43C)[C@@H]1CC[C@H]2OC(=O)C(Cl)Cl. The Hall–Kier alpha value is -0.840. The predicted octanol–water partition coefficient (Wildman–Crippen LogP) is 4.80. The molecule has 0 radical (unpaired) electrons. The van der Waals surface area contributed by atoms with Crippen LogP contribution in [0, 0.1) is 28.6 Å². The average molecular weight is 460 g/mol. The van der Waals surface area contributed by atoms with Gasteiger partial charge in [0.1, 0.15) is 11.9 Å². The Bertz CT molecular complexity index is 832. The standard InChI is InChI=1S/C22H25Cl3O4/c1-21-8-11(10-23)15(26)7-12(21)3-4-13-14-5-6-17(29-20(28)19(24)25)22(14,2)9-16(27)18(13)21/h7-8,13-14,17-19H,3-6,9-10H2,1-2H3/t13-,14-,17+,18+,21-,22-/m0/s1. The van der Waals surface area contributed by atoms with Crippen molar-refractivity contribution in [2.24, 2.45) is 28.6 Å². The zero-order chi connectivity index (χ0) is 21.1. The second kappa shape index (κ2) is 7.39. The third kappa shape index (κ3) is 3.21. The van der Waals surface area contributed by atoms with Crippen LogP contribution >= 0.6 is 34.8 Å². The first-order chi connectivity index (χ1) is 13.6. The molecule has 0 aromatic heterocycles. The summed E-state index contributed by atoms with van der Waals surface area (Å²) in [4.78, 5) is 36.6. The van der Waals surface area contributed by atoms with Crippen LogP contribution in [0.1, 0.15) is 46.0 Å². The highest BCUT2D eigenvalue weighted by molar-refractivity contribution is 6.52. The lowest BCUT2D eigenvalue weighted by molar-refractivity contribution is -0.162. The van der Waals surface area contributed by atoms with E-state index in [0.29, 0.717) is 18.4 Å². The van der Waals surface area contributed by atoms with Crippen LogP contribution in [-0.2, 0) is 19.1 Å². The minimum atomic E-state index is -1.22. The lowest BCUT2D eigenvalue weighted by atomic mass is 9.47. The van der Waals surface area contributed by atoms with Crippen LogP contribution in [0.2, 0.25) is 0 Å². The van der Waals surface area contributed by atoms with Crippen molar-refractivity contribution in [3.63, 3.8) is 0 Å². The first-order valence-corrected chi connectivity index (χ1v) is 11.6. The number of ketones is 2. The van der Waals surface area contributed by atoms with Crippen molar-refractivity contribution in [3.05, 3.63) is 23.3 Å². The van der Waals surface area contributed by atoms with Crippen molar-refractivity contribution >= 4 is 52.3 Å². The molecule has 4 nitrogen and oxygen atoms in total. The average Bonchev–Trinajstić information content (AvgIpc) is 2.97. The number of allylic oxidation sites excluding steroid dienone is 4. The summed E-state index contributed by atoms with van der Waals surface area (Å²) in [6.07, 6.45) is 6.93. The van der Waals surface area contributed by atoms with Crippen LogP contribution in [0.15, 0.2) is 23.3 Å². The number of carbonyl (C=O) groups is 3. The minimum Gasteiger partial charge on any atom is -0.460 e. The normalized spacial score (nSPS) is 41.3. The lowest BCUT2D eigenvalue weighted by Gasteiger charge is -2.55. The maximum Gasteiger partial charge on any atom is 0.339 e. The van der Waals surface area contributed by atoms with Gasteiger partial charge in [-0.25, -0.2) is 4.79 Å². The molecule has 0 bridgehead atoms. The molecule has 0 aromatic rings. The summed E-state index contributed by atoms with van der Waals surface area (Å²) < 4.78 is 5.61. The van der Waals surface area contributed by atoms with Crippen LogP contribution < -0.4 is 0 Å². The van der Waals surface area contributed by atoms with E-state index in [1.54, 1.807) is 6.08 Å². The molecule has 4 aliphatic rings. The van der Waals surface area contributed by atoms with Gasteiger partial charge in [-0.05, 0) is 43.6 Å². The van der Waals surface area contributed by atoms with Crippen molar-refractivity contribution in [2.75, 3.05) is 5.88 Å². The molecule has 7 heteroatoms. The number of Topliss-reactive ketones (excluding diaryl/α,β-unsaturated/α-hetero) is 1. The van der Waals surface area contributed by atoms with E-state index in [0.717, 1.165) is 24.8 Å². The Morgan fingerprint density at radius 2 is 1.97 bits per heavy atom. The van der Waals surface area contributed by atoms with Gasteiger partial charge in [-0.3, -0.25) is 9.59 Å². The number of ether oxygens (including phenoxy) is 1. The Morgan fingerprint density at radius 3 is 2.62 bits per heavy atom. The number of hydrogen-bond donors (Lipinski definition) is 0. The number of fused-ring (bicyclic) bond motifs is 5. The van der Waals surface area contributed by atoms with E-state index in [2.05, 4.69) is 13.8 Å². The van der Waals surface area contributed by atoms with E-state index in [4.69, 9.17) is 39.5 Å². The topological polar surface area (TPSA) is 60.4 Å². The fourth-order valence-corrected chi connectivity index (χ4v) is 6.97. The van der Waals surface area contributed by atoms with Crippen LogP contribution in [0.5, 0.6) is 0 Å². The molecule has 4 rings (SSSR count). The molecule has 0 aliphatic heterocycles. The van der Waals surface area contributed by atoms with Gasteiger partial charge < -0.3 is 4.74 Å². The van der Waals surface area contributed by atoms with Gasteiger partial charge in [0.15, 0.2) is 5.78 Å². The minimum absolute atomic E-state index is 0.0384. The third-order valence-electron chi connectivity index (χ3n) is 7.93. The molecule has 0 aromatic carbocycles. The van der Waals surface area contributed by atoms with E-state index >= 15 is 0 Å². The molecule has 29 heavy (non-hydrogen) atoms. The van der Waals surface area contributed by atoms with Crippen molar-refractivity contribution in [2.45, 2.75) is 56.9 Å². The summed E-state index contributed by atoms with van der Waals surface area (Å²) in [7, 11) is 0. The highest BCUT2D eigenvalue weighted by Gasteiger charge is 2.63.